The van der Waals surface area contributed by atoms with Gasteiger partial charge in [-0.25, -0.2) is 4.79 Å². The highest BCUT2D eigenvalue weighted by Crippen LogP contribution is 2.28. The first kappa shape index (κ1) is 20.9. The molecule has 3 heterocycles. The number of ether oxygens (including phenoxy) is 1. The van der Waals surface area contributed by atoms with E-state index in [0.717, 1.165) is 29.4 Å². The van der Waals surface area contributed by atoms with Gasteiger partial charge in [0.2, 0.25) is 5.56 Å². The standard InChI is InChI=1S/C24H26N2O5/c1-14-15(2)24(29)31-21-13-19(4-5-20(14)21)30-16(3)23(28)26-10-7-17(8-11-26)18-6-9-25-22(27)12-18/h4-6,9,12-13,16-17H,7-8,10-11H2,1-3H3,(H,25,27). The summed E-state index contributed by atoms with van der Waals surface area (Å²) in [6.45, 7) is 6.59. The van der Waals surface area contributed by atoms with E-state index in [-0.39, 0.29) is 23.0 Å². The molecular formula is C24H26N2O5. The van der Waals surface area contributed by atoms with Gasteiger partial charge in [-0.15, -0.1) is 0 Å². The predicted molar refractivity (Wildman–Crippen MR) is 118 cm³/mol. The quantitative estimate of drug-likeness (QED) is 0.652. The summed E-state index contributed by atoms with van der Waals surface area (Å²) in [5.74, 6) is 0.682. The van der Waals surface area contributed by atoms with Crippen molar-refractivity contribution in [3.63, 3.8) is 0 Å². The predicted octanol–water partition coefficient (Wildman–Crippen LogP) is 3.27. The lowest BCUT2D eigenvalue weighted by molar-refractivity contribution is -0.139. The van der Waals surface area contributed by atoms with Crippen LogP contribution in [0.2, 0.25) is 0 Å². The number of amides is 1. The normalized spacial score (nSPS) is 15.8. The van der Waals surface area contributed by atoms with Crippen LogP contribution in [-0.2, 0) is 4.79 Å². The number of hydrogen-bond acceptors (Lipinski definition) is 5. The lowest BCUT2D eigenvalue weighted by Crippen LogP contribution is -2.44. The monoisotopic (exact) mass is 422 g/mol. The zero-order valence-electron chi connectivity index (χ0n) is 17.9. The minimum absolute atomic E-state index is 0.0778. The van der Waals surface area contributed by atoms with E-state index in [0.29, 0.717) is 30.0 Å². The van der Waals surface area contributed by atoms with Crippen LogP contribution in [0.25, 0.3) is 11.0 Å². The number of aryl methyl sites for hydroxylation is 1. The summed E-state index contributed by atoms with van der Waals surface area (Å²) < 4.78 is 11.3. The summed E-state index contributed by atoms with van der Waals surface area (Å²) in [5.41, 5.74) is 2.47. The summed E-state index contributed by atoms with van der Waals surface area (Å²) in [7, 11) is 0. The third-order valence-corrected chi connectivity index (χ3v) is 6.17. The molecule has 1 aliphatic rings. The first-order valence-electron chi connectivity index (χ1n) is 10.5. The largest absolute Gasteiger partial charge is 0.481 e. The summed E-state index contributed by atoms with van der Waals surface area (Å²) in [4.78, 5) is 40.8. The van der Waals surface area contributed by atoms with E-state index in [4.69, 9.17) is 9.15 Å². The number of nitrogens with one attached hydrogen (secondary N) is 1. The number of carbonyl (C=O) groups is 1. The van der Waals surface area contributed by atoms with Crippen LogP contribution in [-0.4, -0.2) is 35.0 Å². The van der Waals surface area contributed by atoms with Crippen LogP contribution in [0.5, 0.6) is 5.75 Å². The Hall–Kier alpha value is -3.35. The fourth-order valence-electron chi connectivity index (χ4n) is 4.16. The van der Waals surface area contributed by atoms with Gasteiger partial charge in [-0.3, -0.25) is 9.59 Å². The van der Waals surface area contributed by atoms with E-state index < -0.39 is 6.10 Å². The fourth-order valence-corrected chi connectivity index (χ4v) is 4.16. The van der Waals surface area contributed by atoms with Crippen molar-refractivity contribution in [3.05, 3.63) is 74.0 Å². The maximum absolute atomic E-state index is 12.9. The number of rotatable bonds is 4. The number of benzene rings is 1. The van der Waals surface area contributed by atoms with Crippen LogP contribution < -0.4 is 15.9 Å². The van der Waals surface area contributed by atoms with E-state index in [1.807, 2.05) is 24.0 Å². The average molecular weight is 422 g/mol. The van der Waals surface area contributed by atoms with Gasteiger partial charge in [0.05, 0.1) is 0 Å². The molecule has 1 fully saturated rings. The minimum Gasteiger partial charge on any atom is -0.481 e. The molecule has 31 heavy (non-hydrogen) atoms. The molecule has 0 bridgehead atoms. The Kier molecular flexibility index (Phi) is 5.67. The molecule has 162 valence electrons. The Balaban J connectivity index is 1.41. The maximum Gasteiger partial charge on any atom is 0.339 e. The minimum atomic E-state index is -0.660. The van der Waals surface area contributed by atoms with Gasteiger partial charge < -0.3 is 19.0 Å². The molecule has 1 saturated heterocycles. The number of piperidine rings is 1. The van der Waals surface area contributed by atoms with Gasteiger partial charge >= 0.3 is 5.63 Å². The molecule has 1 aromatic carbocycles. The first-order valence-corrected chi connectivity index (χ1v) is 10.5. The van der Waals surface area contributed by atoms with Gasteiger partial charge in [0.15, 0.2) is 6.10 Å². The van der Waals surface area contributed by atoms with Crippen LogP contribution in [0, 0.1) is 13.8 Å². The third kappa shape index (κ3) is 4.26. The highest BCUT2D eigenvalue weighted by atomic mass is 16.5. The Labute approximate surface area is 179 Å². The third-order valence-electron chi connectivity index (χ3n) is 6.17. The summed E-state index contributed by atoms with van der Waals surface area (Å²) in [5, 5.41) is 0.852. The van der Waals surface area contributed by atoms with E-state index in [9.17, 15) is 14.4 Å². The molecule has 0 aliphatic carbocycles. The first-order chi connectivity index (χ1) is 14.8. The van der Waals surface area contributed by atoms with Gasteiger partial charge in [0.1, 0.15) is 11.3 Å². The number of fused-ring (bicyclic) bond motifs is 1. The maximum atomic E-state index is 12.9. The Morgan fingerprint density at radius 2 is 1.87 bits per heavy atom. The molecule has 4 rings (SSSR count). The molecule has 7 heteroatoms. The second-order valence-corrected chi connectivity index (χ2v) is 8.14. The van der Waals surface area contributed by atoms with Gasteiger partial charge in [0, 0.05) is 42.4 Å². The van der Waals surface area contributed by atoms with Gasteiger partial charge in [0.25, 0.3) is 5.91 Å². The van der Waals surface area contributed by atoms with Crippen LogP contribution in [0.3, 0.4) is 0 Å². The smallest absolute Gasteiger partial charge is 0.339 e. The lowest BCUT2D eigenvalue weighted by Gasteiger charge is -2.33. The number of aromatic nitrogens is 1. The Bertz CT molecular complexity index is 1230. The number of hydrogen-bond donors (Lipinski definition) is 1. The number of aromatic amines is 1. The molecule has 0 spiro atoms. The molecule has 0 radical (unpaired) electrons. The number of likely N-dealkylation sites (tertiary alicyclic amines) is 1. The Morgan fingerprint density at radius 1 is 1.13 bits per heavy atom. The number of H-pyrrole nitrogens is 1. The summed E-state index contributed by atoms with van der Waals surface area (Å²) in [6, 6.07) is 8.86. The van der Waals surface area contributed by atoms with Gasteiger partial charge in [-0.2, -0.15) is 0 Å². The SMILES string of the molecule is Cc1c(C)c2ccc(OC(C)C(=O)N3CCC(c4cc[nH]c(=O)c4)CC3)cc2oc1=O. The molecule has 3 aromatic rings. The second kappa shape index (κ2) is 8.41. The number of pyridine rings is 1. The zero-order valence-corrected chi connectivity index (χ0v) is 17.9. The molecule has 1 unspecified atom stereocenters. The van der Waals surface area contributed by atoms with Crippen LogP contribution in [0.15, 0.2) is 50.5 Å². The van der Waals surface area contributed by atoms with E-state index in [1.165, 1.54) is 0 Å². The van der Waals surface area contributed by atoms with Crippen molar-refractivity contribution in [1.29, 1.82) is 0 Å². The van der Waals surface area contributed by atoms with Crippen molar-refractivity contribution in [2.45, 2.75) is 45.6 Å². The van der Waals surface area contributed by atoms with E-state index in [2.05, 4.69) is 4.98 Å². The van der Waals surface area contributed by atoms with Crippen molar-refractivity contribution in [1.82, 2.24) is 9.88 Å². The van der Waals surface area contributed by atoms with Crippen LogP contribution in [0.4, 0.5) is 0 Å². The molecule has 1 atom stereocenters. The van der Waals surface area contributed by atoms with E-state index in [1.54, 1.807) is 38.2 Å². The molecule has 1 amide bonds. The molecule has 0 saturated carbocycles. The second-order valence-electron chi connectivity index (χ2n) is 8.14. The average Bonchev–Trinajstić information content (AvgIpc) is 2.77. The van der Waals surface area contributed by atoms with Gasteiger partial charge in [-0.1, -0.05) is 0 Å². The molecule has 1 aliphatic heterocycles. The lowest BCUT2D eigenvalue weighted by atomic mass is 9.90. The van der Waals surface area contributed by atoms with Crippen molar-refractivity contribution < 1.29 is 13.9 Å². The summed E-state index contributed by atoms with van der Waals surface area (Å²) >= 11 is 0. The molecular weight excluding hydrogens is 396 g/mol. The van der Waals surface area contributed by atoms with Crippen molar-refractivity contribution in [3.8, 4) is 5.75 Å². The van der Waals surface area contributed by atoms with Crippen molar-refractivity contribution in [2.75, 3.05) is 13.1 Å². The van der Waals surface area contributed by atoms with Gasteiger partial charge in [-0.05, 0) is 68.9 Å². The highest BCUT2D eigenvalue weighted by Gasteiger charge is 2.28. The Morgan fingerprint density at radius 3 is 2.58 bits per heavy atom. The molecule has 7 nitrogen and oxygen atoms in total. The van der Waals surface area contributed by atoms with Crippen LogP contribution >= 0.6 is 0 Å². The zero-order chi connectivity index (χ0) is 22.1. The summed E-state index contributed by atoms with van der Waals surface area (Å²) in [6.07, 6.45) is 2.62. The number of nitrogens with zero attached hydrogens (tertiary/aromatic N) is 1. The van der Waals surface area contributed by atoms with Crippen LogP contribution in [0.1, 0.15) is 42.4 Å². The van der Waals surface area contributed by atoms with Crippen molar-refractivity contribution in [2.24, 2.45) is 0 Å². The number of carbonyl (C=O) groups excluding carboxylic acids is 1. The molecule has 1 N–H and O–H groups in total. The van der Waals surface area contributed by atoms with E-state index >= 15 is 0 Å². The fraction of sp³-hybridized carbons (Fsp3) is 0.375. The molecule has 2 aromatic heterocycles. The van der Waals surface area contributed by atoms with Crippen molar-refractivity contribution >= 4 is 16.9 Å². The topological polar surface area (TPSA) is 92.6 Å². The highest BCUT2D eigenvalue weighted by molar-refractivity contribution is 5.83.